The summed E-state index contributed by atoms with van der Waals surface area (Å²) in [6.07, 6.45) is -0.564. The monoisotopic (exact) mass is 170 g/mol. The number of benzene rings is 1. The molecular weight excluding hydrogens is 160 g/mol. The van der Waals surface area contributed by atoms with Gasteiger partial charge in [-0.2, -0.15) is 0 Å². The summed E-state index contributed by atoms with van der Waals surface area (Å²) in [7, 11) is 0. The zero-order valence-electron chi connectivity index (χ0n) is 5.97. The van der Waals surface area contributed by atoms with Crippen molar-refractivity contribution in [3.63, 3.8) is 0 Å². The van der Waals surface area contributed by atoms with E-state index in [0.717, 1.165) is 5.56 Å². The molecule has 0 radical (unpaired) electrons. The zero-order valence-corrected chi connectivity index (χ0v) is 6.79. The number of aliphatic hydroxyl groups excluding tert-OH is 1. The Morgan fingerprint density at radius 1 is 1.27 bits per heavy atom. The molecule has 60 valence electrons. The maximum atomic E-state index is 9.34. The number of hydrogen-bond acceptors (Lipinski definition) is 3. The van der Waals surface area contributed by atoms with E-state index in [1.165, 1.54) is 0 Å². The molecule has 0 saturated heterocycles. The van der Waals surface area contributed by atoms with Crippen LogP contribution in [0.5, 0.6) is 0 Å². The first-order valence-electron chi connectivity index (χ1n) is 3.34. The van der Waals surface area contributed by atoms with Crippen LogP contribution in [0.3, 0.4) is 0 Å². The Balaban J connectivity index is 2.61. The fraction of sp³-hybridized carbons (Fsp3) is 0.250. The molecule has 1 rings (SSSR count). The first kappa shape index (κ1) is 8.59. The Hall–Kier alpha value is -0.510. The summed E-state index contributed by atoms with van der Waals surface area (Å²) in [5.74, 6) is 0.323. The minimum Gasteiger partial charge on any atom is -0.387 e. The van der Waals surface area contributed by atoms with Crippen molar-refractivity contribution in [2.24, 2.45) is 0 Å². The van der Waals surface area contributed by atoms with Crippen LogP contribution in [0.1, 0.15) is 11.7 Å². The van der Waals surface area contributed by atoms with Crippen molar-refractivity contribution < 1.29 is 9.66 Å². The molecule has 0 fully saturated rings. The number of aliphatic hydroxyl groups is 1. The Labute approximate surface area is 70.1 Å². The van der Waals surface area contributed by atoms with E-state index in [-0.39, 0.29) is 0 Å². The molecule has 2 nitrogen and oxygen atoms in total. The molecule has 1 unspecified atom stereocenters. The van der Waals surface area contributed by atoms with E-state index < -0.39 is 6.10 Å². The first-order valence-corrected chi connectivity index (χ1v) is 4.28. The second-order valence-corrected chi connectivity index (χ2v) is 2.81. The molecule has 1 atom stereocenters. The Morgan fingerprint density at radius 2 is 1.91 bits per heavy atom. The van der Waals surface area contributed by atoms with E-state index in [9.17, 15) is 5.11 Å². The van der Waals surface area contributed by atoms with Gasteiger partial charge < -0.3 is 9.66 Å². The molecule has 0 bridgehead atoms. The van der Waals surface area contributed by atoms with E-state index >= 15 is 0 Å². The van der Waals surface area contributed by atoms with Gasteiger partial charge >= 0.3 is 0 Å². The summed E-state index contributed by atoms with van der Waals surface area (Å²) in [6, 6.07) is 9.28. The van der Waals surface area contributed by atoms with Crippen molar-refractivity contribution >= 4 is 12.0 Å². The van der Waals surface area contributed by atoms with Gasteiger partial charge in [-0.05, 0) is 17.6 Å². The molecule has 0 aromatic heterocycles. The maximum Gasteiger partial charge on any atom is 0.0902 e. The van der Waals surface area contributed by atoms with Gasteiger partial charge in [-0.15, -0.1) is 0 Å². The topological polar surface area (TPSA) is 40.5 Å². The summed E-state index contributed by atoms with van der Waals surface area (Å²) < 4.78 is 8.45. The Bertz CT molecular complexity index is 201. The van der Waals surface area contributed by atoms with Gasteiger partial charge in [0.1, 0.15) is 0 Å². The van der Waals surface area contributed by atoms with Gasteiger partial charge in [0, 0.05) is 5.75 Å². The van der Waals surface area contributed by atoms with Crippen LogP contribution >= 0.6 is 12.0 Å². The van der Waals surface area contributed by atoms with Crippen molar-refractivity contribution in [1.82, 2.24) is 0 Å². The van der Waals surface area contributed by atoms with Crippen LogP contribution < -0.4 is 0 Å². The summed E-state index contributed by atoms with van der Waals surface area (Å²) in [4.78, 5) is 0. The number of rotatable bonds is 3. The molecule has 0 amide bonds. The summed E-state index contributed by atoms with van der Waals surface area (Å²) in [5, 5.41) is 9.34. The molecule has 11 heavy (non-hydrogen) atoms. The summed E-state index contributed by atoms with van der Waals surface area (Å²) >= 11 is 0.655. The summed E-state index contributed by atoms with van der Waals surface area (Å²) in [6.45, 7) is 0. The van der Waals surface area contributed by atoms with Crippen molar-refractivity contribution in [3.05, 3.63) is 35.9 Å². The Kier molecular flexibility index (Phi) is 3.42. The third-order valence-electron chi connectivity index (χ3n) is 1.42. The van der Waals surface area contributed by atoms with E-state index in [0.29, 0.717) is 17.8 Å². The van der Waals surface area contributed by atoms with Gasteiger partial charge in [0.05, 0.1) is 6.10 Å². The van der Waals surface area contributed by atoms with Crippen LogP contribution in [-0.2, 0) is 0 Å². The molecular formula is C8H10O2S. The average molecular weight is 170 g/mol. The normalized spacial score (nSPS) is 12.9. The highest BCUT2D eigenvalue weighted by molar-refractivity contribution is 7.93. The molecule has 2 N–H and O–H groups in total. The maximum absolute atomic E-state index is 9.34. The van der Waals surface area contributed by atoms with Crippen molar-refractivity contribution in [3.8, 4) is 0 Å². The van der Waals surface area contributed by atoms with Gasteiger partial charge in [-0.25, -0.2) is 0 Å². The molecule has 0 heterocycles. The fourth-order valence-electron chi connectivity index (χ4n) is 0.842. The second kappa shape index (κ2) is 4.38. The minimum atomic E-state index is -0.564. The minimum absolute atomic E-state index is 0.323. The molecule has 0 saturated carbocycles. The fourth-order valence-corrected chi connectivity index (χ4v) is 1.18. The highest BCUT2D eigenvalue weighted by Crippen LogP contribution is 2.15. The van der Waals surface area contributed by atoms with Gasteiger partial charge in [-0.1, -0.05) is 30.3 Å². The lowest BCUT2D eigenvalue weighted by atomic mass is 10.1. The quantitative estimate of drug-likeness (QED) is 0.681. The van der Waals surface area contributed by atoms with Crippen molar-refractivity contribution in [2.45, 2.75) is 6.10 Å². The molecule has 0 aliphatic carbocycles. The van der Waals surface area contributed by atoms with Crippen molar-refractivity contribution in [2.75, 3.05) is 5.75 Å². The van der Waals surface area contributed by atoms with E-state index in [4.69, 9.17) is 4.55 Å². The third-order valence-corrected chi connectivity index (χ3v) is 1.88. The largest absolute Gasteiger partial charge is 0.387 e. The lowest BCUT2D eigenvalue weighted by molar-refractivity contribution is 0.203. The van der Waals surface area contributed by atoms with E-state index in [1.54, 1.807) is 0 Å². The molecule has 0 aliphatic heterocycles. The average Bonchev–Trinajstić information content (AvgIpc) is 2.07. The Morgan fingerprint density at radius 3 is 2.45 bits per heavy atom. The zero-order chi connectivity index (χ0) is 8.10. The van der Waals surface area contributed by atoms with Crippen LogP contribution in [0.15, 0.2) is 30.3 Å². The SMILES string of the molecule is OSCC(O)c1ccccc1. The van der Waals surface area contributed by atoms with Crippen LogP contribution in [0.2, 0.25) is 0 Å². The standard InChI is InChI=1S/C8H10O2S/c9-8(6-11-10)7-4-2-1-3-5-7/h1-5,8-10H,6H2. The third kappa shape index (κ3) is 2.54. The van der Waals surface area contributed by atoms with Crippen molar-refractivity contribution in [1.29, 1.82) is 0 Å². The van der Waals surface area contributed by atoms with Gasteiger partial charge in [0.25, 0.3) is 0 Å². The molecule has 1 aromatic rings. The molecule has 3 heteroatoms. The second-order valence-electron chi connectivity index (χ2n) is 2.22. The van der Waals surface area contributed by atoms with Gasteiger partial charge in [0.15, 0.2) is 0 Å². The molecule has 0 aliphatic rings. The van der Waals surface area contributed by atoms with Crippen LogP contribution in [0, 0.1) is 0 Å². The van der Waals surface area contributed by atoms with Gasteiger partial charge in [-0.3, -0.25) is 0 Å². The van der Waals surface area contributed by atoms with E-state index in [2.05, 4.69) is 0 Å². The first-order chi connectivity index (χ1) is 5.34. The van der Waals surface area contributed by atoms with Gasteiger partial charge in [0.2, 0.25) is 0 Å². The molecule has 0 spiro atoms. The summed E-state index contributed by atoms with van der Waals surface area (Å²) in [5.41, 5.74) is 0.842. The van der Waals surface area contributed by atoms with E-state index in [1.807, 2.05) is 30.3 Å². The highest BCUT2D eigenvalue weighted by atomic mass is 32.2. The molecule has 1 aromatic carbocycles. The predicted molar refractivity (Wildman–Crippen MR) is 46.5 cm³/mol. The smallest absolute Gasteiger partial charge is 0.0902 e. The predicted octanol–water partition coefficient (Wildman–Crippen LogP) is 1.93. The van der Waals surface area contributed by atoms with Crippen LogP contribution in [0.4, 0.5) is 0 Å². The van der Waals surface area contributed by atoms with Crippen LogP contribution in [0.25, 0.3) is 0 Å². The highest BCUT2D eigenvalue weighted by Gasteiger charge is 2.04. The lowest BCUT2D eigenvalue weighted by Gasteiger charge is -2.06. The number of hydrogen-bond donors (Lipinski definition) is 2. The lowest BCUT2D eigenvalue weighted by Crippen LogP contribution is -1.99. The van der Waals surface area contributed by atoms with Crippen LogP contribution in [-0.4, -0.2) is 15.4 Å².